The van der Waals surface area contributed by atoms with Crippen molar-refractivity contribution in [2.24, 2.45) is 0 Å². The first-order valence-corrected chi connectivity index (χ1v) is 6.29. The average Bonchev–Trinajstić information content (AvgIpc) is 2.20. The molecule has 0 aliphatic rings. The molecule has 0 saturated heterocycles. The van der Waals surface area contributed by atoms with Gasteiger partial charge in [0.05, 0.1) is 5.92 Å². The second-order valence-electron chi connectivity index (χ2n) is 4.28. The van der Waals surface area contributed by atoms with Crippen LogP contribution in [-0.4, -0.2) is 18.4 Å². The lowest BCUT2D eigenvalue weighted by Gasteiger charge is -2.17. The minimum Gasteiger partial charge on any atom is -0.313 e. The van der Waals surface area contributed by atoms with Gasteiger partial charge in [0.25, 0.3) is 0 Å². The van der Waals surface area contributed by atoms with Gasteiger partial charge in [-0.05, 0) is 24.6 Å². The lowest BCUT2D eigenvalue weighted by atomic mass is 9.95. The summed E-state index contributed by atoms with van der Waals surface area (Å²) in [7, 11) is 0. The Bertz CT molecular complexity index is 345. The van der Waals surface area contributed by atoms with E-state index in [1.165, 1.54) is 0 Å². The van der Waals surface area contributed by atoms with Gasteiger partial charge in [0.15, 0.2) is 0 Å². The quantitative estimate of drug-likeness (QED) is 0.900. The molecule has 0 fully saturated rings. The summed E-state index contributed by atoms with van der Waals surface area (Å²) in [4.78, 5) is 11.6. The van der Waals surface area contributed by atoms with Crippen LogP contribution >= 0.6 is 15.9 Å². The Hall–Kier alpha value is -0.670. The Morgan fingerprint density at radius 2 is 1.88 bits per heavy atom. The fraction of sp³-hybridized carbons (Fsp3) is 0.462. The second kappa shape index (κ2) is 6.16. The summed E-state index contributed by atoms with van der Waals surface area (Å²) in [6.45, 7) is 6.51. The van der Waals surface area contributed by atoms with E-state index in [0.717, 1.165) is 10.0 Å². The van der Waals surface area contributed by atoms with Crippen molar-refractivity contribution in [2.75, 3.05) is 6.54 Å². The molecule has 1 N–H and O–H groups in total. The van der Waals surface area contributed by atoms with Gasteiger partial charge in [0.1, 0.15) is 5.78 Å². The van der Waals surface area contributed by atoms with Crippen LogP contribution < -0.4 is 5.32 Å². The van der Waals surface area contributed by atoms with Crippen molar-refractivity contribution in [3.63, 3.8) is 0 Å². The van der Waals surface area contributed by atoms with E-state index in [1.807, 2.05) is 24.3 Å². The van der Waals surface area contributed by atoms with Crippen LogP contribution in [0.4, 0.5) is 0 Å². The molecule has 2 nitrogen and oxygen atoms in total. The Kier molecular flexibility index (Phi) is 5.16. The van der Waals surface area contributed by atoms with E-state index in [0.29, 0.717) is 12.6 Å². The maximum atomic E-state index is 11.6. The summed E-state index contributed by atoms with van der Waals surface area (Å²) < 4.78 is 1.04. The number of ketones is 1. The molecule has 0 radical (unpaired) electrons. The van der Waals surface area contributed by atoms with Gasteiger partial charge in [-0.15, -0.1) is 0 Å². The van der Waals surface area contributed by atoms with Crippen molar-refractivity contribution in [1.29, 1.82) is 0 Å². The van der Waals surface area contributed by atoms with Crippen molar-refractivity contribution < 1.29 is 4.79 Å². The van der Waals surface area contributed by atoms with E-state index in [-0.39, 0.29) is 11.7 Å². The number of hydrogen-bond donors (Lipinski definition) is 1. The molecule has 0 unspecified atom stereocenters. The summed E-state index contributed by atoms with van der Waals surface area (Å²) in [6, 6.07) is 8.34. The lowest BCUT2D eigenvalue weighted by molar-refractivity contribution is -0.118. The third-order valence-electron chi connectivity index (χ3n) is 2.49. The smallest absolute Gasteiger partial charge is 0.138 e. The van der Waals surface area contributed by atoms with Crippen LogP contribution in [-0.2, 0) is 4.79 Å². The number of carbonyl (C=O) groups excluding carboxylic acids is 1. The molecule has 0 spiro atoms. The predicted molar refractivity (Wildman–Crippen MR) is 70.7 cm³/mol. The highest BCUT2D eigenvalue weighted by Gasteiger charge is 2.16. The van der Waals surface area contributed by atoms with Crippen molar-refractivity contribution in [2.45, 2.75) is 32.7 Å². The second-order valence-corrected chi connectivity index (χ2v) is 5.19. The topological polar surface area (TPSA) is 29.1 Å². The first kappa shape index (κ1) is 13.4. The molecule has 0 amide bonds. The van der Waals surface area contributed by atoms with Crippen LogP contribution in [0, 0.1) is 0 Å². The van der Waals surface area contributed by atoms with Crippen molar-refractivity contribution in [3.8, 4) is 0 Å². The lowest BCUT2D eigenvalue weighted by Crippen LogP contribution is -2.30. The number of Topliss-reactive ketones (excluding diaryl/α,β-unsaturated/α-hetero) is 1. The summed E-state index contributed by atoms with van der Waals surface area (Å²) in [5, 5.41) is 3.31. The standard InChI is InChI=1S/C13H18BrNO/c1-9(2)15-8-13(10(3)16)11-4-6-12(14)7-5-11/h4-7,9,13,15H,8H2,1-3H3/t13-/m0/s1. The highest BCUT2D eigenvalue weighted by Crippen LogP contribution is 2.19. The monoisotopic (exact) mass is 283 g/mol. The van der Waals surface area contributed by atoms with Crippen LogP contribution in [0.1, 0.15) is 32.3 Å². The molecule has 0 heterocycles. The van der Waals surface area contributed by atoms with Crippen molar-refractivity contribution in [1.82, 2.24) is 5.32 Å². The summed E-state index contributed by atoms with van der Waals surface area (Å²) >= 11 is 3.39. The van der Waals surface area contributed by atoms with Gasteiger partial charge >= 0.3 is 0 Å². The minimum atomic E-state index is -0.0458. The van der Waals surface area contributed by atoms with E-state index >= 15 is 0 Å². The third-order valence-corrected chi connectivity index (χ3v) is 3.02. The Morgan fingerprint density at radius 3 is 2.31 bits per heavy atom. The Balaban J connectivity index is 2.77. The summed E-state index contributed by atoms with van der Waals surface area (Å²) in [5.74, 6) is 0.158. The largest absolute Gasteiger partial charge is 0.313 e. The number of rotatable bonds is 5. The number of benzene rings is 1. The molecular weight excluding hydrogens is 266 g/mol. The van der Waals surface area contributed by atoms with Gasteiger partial charge in [-0.25, -0.2) is 0 Å². The van der Waals surface area contributed by atoms with Crippen LogP contribution in [0.15, 0.2) is 28.7 Å². The molecular formula is C13H18BrNO. The SMILES string of the molecule is CC(=O)[C@H](CNC(C)C)c1ccc(Br)cc1. The van der Waals surface area contributed by atoms with Gasteiger partial charge in [0, 0.05) is 17.1 Å². The van der Waals surface area contributed by atoms with E-state index in [9.17, 15) is 4.79 Å². The van der Waals surface area contributed by atoms with Gasteiger partial charge in [-0.2, -0.15) is 0 Å². The van der Waals surface area contributed by atoms with Crippen LogP contribution in [0.3, 0.4) is 0 Å². The molecule has 0 aliphatic heterocycles. The fourth-order valence-electron chi connectivity index (χ4n) is 1.54. The zero-order valence-electron chi connectivity index (χ0n) is 9.96. The van der Waals surface area contributed by atoms with E-state index in [4.69, 9.17) is 0 Å². The average molecular weight is 284 g/mol. The minimum absolute atomic E-state index is 0.0458. The van der Waals surface area contributed by atoms with Gasteiger partial charge < -0.3 is 5.32 Å². The van der Waals surface area contributed by atoms with Crippen LogP contribution in [0.25, 0.3) is 0 Å². The van der Waals surface area contributed by atoms with E-state index < -0.39 is 0 Å². The van der Waals surface area contributed by atoms with E-state index in [2.05, 4.69) is 35.1 Å². The fourth-order valence-corrected chi connectivity index (χ4v) is 1.81. The third kappa shape index (κ3) is 4.06. The molecule has 1 aromatic rings. The molecule has 3 heteroatoms. The molecule has 0 saturated carbocycles. The van der Waals surface area contributed by atoms with Crippen LogP contribution in [0.2, 0.25) is 0 Å². The number of nitrogens with one attached hydrogen (secondary N) is 1. The zero-order valence-corrected chi connectivity index (χ0v) is 11.5. The van der Waals surface area contributed by atoms with Crippen molar-refractivity contribution in [3.05, 3.63) is 34.3 Å². The summed E-state index contributed by atoms with van der Waals surface area (Å²) in [5.41, 5.74) is 1.07. The molecule has 0 bridgehead atoms. The highest BCUT2D eigenvalue weighted by atomic mass is 79.9. The molecule has 0 aromatic heterocycles. The first-order valence-electron chi connectivity index (χ1n) is 5.50. The Labute approximate surface area is 106 Å². The Morgan fingerprint density at radius 1 is 1.31 bits per heavy atom. The number of halogens is 1. The van der Waals surface area contributed by atoms with Gasteiger partial charge in [-0.1, -0.05) is 41.9 Å². The van der Waals surface area contributed by atoms with Gasteiger partial charge in [0.2, 0.25) is 0 Å². The molecule has 0 aliphatic carbocycles. The van der Waals surface area contributed by atoms with Gasteiger partial charge in [-0.3, -0.25) is 4.79 Å². The molecule has 16 heavy (non-hydrogen) atoms. The van der Waals surface area contributed by atoms with E-state index in [1.54, 1.807) is 6.92 Å². The number of hydrogen-bond acceptors (Lipinski definition) is 2. The molecule has 88 valence electrons. The summed E-state index contributed by atoms with van der Waals surface area (Å²) in [6.07, 6.45) is 0. The molecule has 1 rings (SSSR count). The number of carbonyl (C=O) groups is 1. The maximum absolute atomic E-state index is 11.6. The maximum Gasteiger partial charge on any atom is 0.138 e. The van der Waals surface area contributed by atoms with Crippen molar-refractivity contribution >= 4 is 21.7 Å². The predicted octanol–water partition coefficient (Wildman–Crippen LogP) is 3.12. The first-order chi connectivity index (χ1) is 7.50. The molecule has 1 atom stereocenters. The zero-order chi connectivity index (χ0) is 12.1. The normalized spacial score (nSPS) is 12.8. The highest BCUT2D eigenvalue weighted by molar-refractivity contribution is 9.10. The van der Waals surface area contributed by atoms with Crippen LogP contribution in [0.5, 0.6) is 0 Å². The molecule has 1 aromatic carbocycles.